The Hall–Kier alpha value is -0.0800. The minimum atomic E-state index is 0.288. The van der Waals surface area contributed by atoms with Gasteiger partial charge in [0.2, 0.25) is 0 Å². The second kappa shape index (κ2) is 4.79. The molecule has 1 heterocycles. The van der Waals surface area contributed by atoms with E-state index >= 15 is 0 Å². The van der Waals surface area contributed by atoms with E-state index in [9.17, 15) is 0 Å². The van der Waals surface area contributed by atoms with E-state index in [-0.39, 0.29) is 4.75 Å². The Kier molecular flexibility index (Phi) is 3.81. The lowest BCUT2D eigenvalue weighted by Crippen LogP contribution is -2.39. The van der Waals surface area contributed by atoms with E-state index in [0.29, 0.717) is 10.7 Å². The highest BCUT2D eigenvalue weighted by Gasteiger charge is 2.43. The molecule has 1 aromatic carbocycles. The zero-order valence-corrected chi connectivity index (χ0v) is 14.0. The fourth-order valence-electron chi connectivity index (χ4n) is 2.60. The van der Waals surface area contributed by atoms with Gasteiger partial charge in [0.15, 0.2) is 0 Å². The van der Waals surface area contributed by atoms with Crippen molar-refractivity contribution in [1.29, 1.82) is 0 Å². The third kappa shape index (κ3) is 2.46. The van der Waals surface area contributed by atoms with Crippen molar-refractivity contribution < 1.29 is 0 Å². The molecule has 0 saturated heterocycles. The molecule has 0 nitrogen and oxygen atoms in total. The first-order valence-electron chi connectivity index (χ1n) is 6.77. The van der Waals surface area contributed by atoms with E-state index in [0.717, 1.165) is 0 Å². The average Bonchev–Trinajstić information content (AvgIpc) is 2.37. The van der Waals surface area contributed by atoms with Crippen molar-refractivity contribution in [2.45, 2.75) is 67.2 Å². The van der Waals surface area contributed by atoms with E-state index in [4.69, 9.17) is 0 Å². The van der Waals surface area contributed by atoms with E-state index in [2.05, 4.69) is 83.3 Å². The second-order valence-electron chi connectivity index (χ2n) is 6.15. The van der Waals surface area contributed by atoms with Gasteiger partial charge in [-0.3, -0.25) is 0 Å². The Morgan fingerprint density at radius 1 is 1.11 bits per heavy atom. The highest BCUT2D eigenvalue weighted by Crippen LogP contribution is 2.56. The number of hydrogen-bond donors (Lipinski definition) is 0. The lowest BCUT2D eigenvalue weighted by Gasteiger charge is -2.41. The molecule has 1 aliphatic heterocycles. The molecule has 0 amide bonds. The van der Waals surface area contributed by atoms with Crippen molar-refractivity contribution in [1.82, 2.24) is 0 Å². The monoisotopic (exact) mass is 280 g/mol. The normalized spacial score (nSPS) is 30.7. The lowest BCUT2D eigenvalue weighted by molar-refractivity contribution is 0.353. The first-order chi connectivity index (χ1) is 8.28. The predicted octanol–water partition coefficient (Wildman–Crippen LogP) is 5.78. The largest absolute Gasteiger partial charge is 0.118 e. The van der Waals surface area contributed by atoms with Gasteiger partial charge in [-0.1, -0.05) is 33.8 Å². The number of thioether (sulfide) groups is 2. The molecule has 0 aliphatic carbocycles. The molecule has 0 bridgehead atoms. The van der Waals surface area contributed by atoms with Crippen LogP contribution in [0, 0.1) is 12.8 Å². The molecule has 0 N–H and O–H groups in total. The van der Waals surface area contributed by atoms with Crippen molar-refractivity contribution in [2.75, 3.05) is 0 Å². The molecule has 1 aliphatic rings. The van der Waals surface area contributed by atoms with Gasteiger partial charge in [-0.25, -0.2) is 0 Å². The van der Waals surface area contributed by atoms with Gasteiger partial charge >= 0.3 is 0 Å². The van der Waals surface area contributed by atoms with Crippen LogP contribution in [0.3, 0.4) is 0 Å². The van der Waals surface area contributed by atoms with Crippen molar-refractivity contribution >= 4 is 23.5 Å². The van der Waals surface area contributed by atoms with Gasteiger partial charge < -0.3 is 0 Å². The maximum Gasteiger partial charge on any atom is 0.0216 e. The summed E-state index contributed by atoms with van der Waals surface area (Å²) in [6.07, 6.45) is 1.22. The average molecular weight is 281 g/mol. The highest BCUT2D eigenvalue weighted by atomic mass is 32.2. The number of benzene rings is 1. The van der Waals surface area contributed by atoms with Crippen LogP contribution in [-0.4, -0.2) is 9.49 Å². The van der Waals surface area contributed by atoms with Gasteiger partial charge in [-0.05, 0) is 43.9 Å². The Bertz CT molecular complexity index is 450. The van der Waals surface area contributed by atoms with E-state index in [1.807, 2.05) is 0 Å². The van der Waals surface area contributed by atoms with Crippen LogP contribution < -0.4 is 0 Å². The van der Waals surface area contributed by atoms with Crippen LogP contribution in [0.1, 0.15) is 46.6 Å². The van der Waals surface area contributed by atoms with Crippen LogP contribution in [0.5, 0.6) is 0 Å². The molecular weight excluding hydrogens is 256 g/mol. The summed E-state index contributed by atoms with van der Waals surface area (Å²) in [6, 6.07) is 6.90. The van der Waals surface area contributed by atoms with Gasteiger partial charge in [0.1, 0.15) is 0 Å². The maximum absolute atomic E-state index is 2.43. The van der Waals surface area contributed by atoms with Gasteiger partial charge in [-0.2, -0.15) is 0 Å². The standard InChI is InChI=1S/C16H24S2/c1-7-16(6)12(3)15(4,5)17-14-10-11(2)8-9-13(14)18-16/h8-10,12H,7H2,1-6H3. The smallest absolute Gasteiger partial charge is 0.0216 e. The van der Waals surface area contributed by atoms with Crippen LogP contribution >= 0.6 is 23.5 Å². The van der Waals surface area contributed by atoms with Crippen LogP contribution in [0.2, 0.25) is 0 Å². The number of rotatable bonds is 1. The van der Waals surface area contributed by atoms with Crippen molar-refractivity contribution in [3.63, 3.8) is 0 Å². The highest BCUT2D eigenvalue weighted by molar-refractivity contribution is 8.04. The second-order valence-corrected chi connectivity index (χ2v) is 9.42. The Morgan fingerprint density at radius 3 is 2.39 bits per heavy atom. The fraction of sp³-hybridized carbons (Fsp3) is 0.625. The Morgan fingerprint density at radius 2 is 1.78 bits per heavy atom. The van der Waals surface area contributed by atoms with Gasteiger partial charge in [0.05, 0.1) is 0 Å². The molecule has 0 spiro atoms. The topological polar surface area (TPSA) is 0 Å². The van der Waals surface area contributed by atoms with Gasteiger partial charge in [-0.15, -0.1) is 23.5 Å². The first-order valence-corrected chi connectivity index (χ1v) is 8.40. The van der Waals surface area contributed by atoms with Gasteiger partial charge in [0, 0.05) is 19.3 Å². The molecule has 2 rings (SSSR count). The summed E-state index contributed by atoms with van der Waals surface area (Å²) in [4.78, 5) is 2.93. The summed E-state index contributed by atoms with van der Waals surface area (Å²) >= 11 is 4.13. The van der Waals surface area contributed by atoms with Gasteiger partial charge in [0.25, 0.3) is 0 Å². The summed E-state index contributed by atoms with van der Waals surface area (Å²) < 4.78 is 0.619. The third-order valence-electron chi connectivity index (χ3n) is 4.48. The van der Waals surface area contributed by atoms with Crippen molar-refractivity contribution in [3.8, 4) is 0 Å². The van der Waals surface area contributed by atoms with Crippen molar-refractivity contribution in [2.24, 2.45) is 5.92 Å². The number of aryl methyl sites for hydroxylation is 1. The molecule has 0 saturated carbocycles. The minimum Gasteiger partial charge on any atom is -0.118 e. The predicted molar refractivity (Wildman–Crippen MR) is 84.8 cm³/mol. The molecule has 2 heteroatoms. The van der Waals surface area contributed by atoms with Crippen LogP contribution in [-0.2, 0) is 0 Å². The molecule has 0 aromatic heterocycles. The first kappa shape index (κ1) is 14.3. The molecule has 1 aromatic rings. The summed E-state index contributed by atoms with van der Waals surface area (Å²) in [6.45, 7) is 14.2. The third-order valence-corrected chi connectivity index (χ3v) is 7.73. The molecule has 2 atom stereocenters. The summed E-state index contributed by atoms with van der Waals surface area (Å²) in [7, 11) is 0. The molecular formula is C16H24S2. The van der Waals surface area contributed by atoms with E-state index in [1.165, 1.54) is 21.8 Å². The summed E-state index contributed by atoms with van der Waals surface area (Å²) in [5.41, 5.74) is 1.37. The van der Waals surface area contributed by atoms with Crippen LogP contribution in [0.4, 0.5) is 0 Å². The summed E-state index contributed by atoms with van der Waals surface area (Å²) in [5.74, 6) is 0.678. The molecule has 2 unspecified atom stereocenters. The van der Waals surface area contributed by atoms with Crippen LogP contribution in [0.15, 0.2) is 28.0 Å². The molecule has 0 radical (unpaired) electrons. The van der Waals surface area contributed by atoms with Crippen LogP contribution in [0.25, 0.3) is 0 Å². The minimum absolute atomic E-state index is 0.288. The van der Waals surface area contributed by atoms with Crippen molar-refractivity contribution in [3.05, 3.63) is 23.8 Å². The van der Waals surface area contributed by atoms with E-state index in [1.54, 1.807) is 0 Å². The zero-order valence-electron chi connectivity index (χ0n) is 12.3. The number of fused-ring (bicyclic) bond motifs is 1. The van der Waals surface area contributed by atoms with E-state index < -0.39 is 0 Å². The zero-order chi connectivity index (χ0) is 13.6. The molecule has 18 heavy (non-hydrogen) atoms. The Labute approximate surface area is 120 Å². The Balaban J connectivity index is 2.53. The summed E-state index contributed by atoms with van der Waals surface area (Å²) in [5, 5.41) is 0. The number of hydrogen-bond acceptors (Lipinski definition) is 2. The maximum atomic E-state index is 2.43. The quantitative estimate of drug-likeness (QED) is 0.640. The fourth-order valence-corrected chi connectivity index (χ4v) is 5.76. The molecule has 100 valence electrons. The molecule has 0 fully saturated rings. The SMILES string of the molecule is CCC1(C)Sc2ccc(C)cc2SC(C)(C)C1C. The lowest BCUT2D eigenvalue weighted by atomic mass is 9.83.